The molecule has 5 nitrogen and oxygen atoms in total. The zero-order chi connectivity index (χ0) is 16.3. The Hall–Kier alpha value is -1.12. The average molecular weight is 380 g/mol. The van der Waals surface area contributed by atoms with E-state index in [1.54, 1.807) is 6.07 Å². The molecule has 0 saturated carbocycles. The summed E-state index contributed by atoms with van der Waals surface area (Å²) in [6.45, 7) is 0.303. The lowest BCUT2D eigenvalue weighted by molar-refractivity contribution is 0.0981. The highest BCUT2D eigenvalue weighted by Gasteiger charge is 2.22. The summed E-state index contributed by atoms with van der Waals surface area (Å²) < 4.78 is 31.3. The Balaban J connectivity index is 2.22. The van der Waals surface area contributed by atoms with Crippen LogP contribution in [0.4, 0.5) is 0 Å². The zero-order valence-electron chi connectivity index (χ0n) is 11.3. The number of hydrogen-bond donors (Lipinski definition) is 1. The van der Waals surface area contributed by atoms with E-state index in [1.165, 1.54) is 31.4 Å². The summed E-state index contributed by atoms with van der Waals surface area (Å²) >= 11 is 12.7. The summed E-state index contributed by atoms with van der Waals surface area (Å²) in [6.07, 6.45) is 0. The highest BCUT2D eigenvalue weighted by atomic mass is 35.5. The normalized spacial score (nSPS) is 11.4. The van der Waals surface area contributed by atoms with Gasteiger partial charge in [-0.1, -0.05) is 23.2 Å². The molecule has 0 spiro atoms. The lowest BCUT2D eigenvalue weighted by atomic mass is 10.2. The average Bonchev–Trinajstić information content (AvgIpc) is 2.88. The monoisotopic (exact) mass is 379 g/mol. The quantitative estimate of drug-likeness (QED) is 0.864. The molecule has 1 aromatic carbocycles. The van der Waals surface area contributed by atoms with Gasteiger partial charge in [0.25, 0.3) is 15.9 Å². The number of hydrogen-bond acceptors (Lipinski definition) is 5. The van der Waals surface area contributed by atoms with Crippen LogP contribution in [-0.2, 0) is 21.4 Å². The van der Waals surface area contributed by atoms with Crippen molar-refractivity contribution in [3.8, 4) is 0 Å². The zero-order valence-corrected chi connectivity index (χ0v) is 14.4. The van der Waals surface area contributed by atoms with E-state index >= 15 is 0 Å². The SMILES string of the molecule is COCc1ccc(S(=O)(=O)NC(=O)c2ccc(Cl)cc2Cl)s1. The van der Waals surface area contributed by atoms with Crippen molar-refractivity contribution in [3.05, 3.63) is 50.8 Å². The maximum absolute atomic E-state index is 12.2. The molecule has 9 heteroatoms. The van der Waals surface area contributed by atoms with E-state index in [0.717, 1.165) is 16.2 Å². The van der Waals surface area contributed by atoms with Gasteiger partial charge in [-0.2, -0.15) is 0 Å². The van der Waals surface area contributed by atoms with E-state index in [-0.39, 0.29) is 14.8 Å². The topological polar surface area (TPSA) is 72.5 Å². The number of ether oxygens (including phenoxy) is 1. The standard InChI is InChI=1S/C13H11Cl2NO4S2/c1-20-7-9-3-5-12(21-9)22(18,19)16-13(17)10-4-2-8(14)6-11(10)15/h2-6H,7H2,1H3,(H,16,17). The van der Waals surface area contributed by atoms with Gasteiger partial charge in [0.15, 0.2) is 0 Å². The molecule has 22 heavy (non-hydrogen) atoms. The van der Waals surface area contributed by atoms with Crippen molar-refractivity contribution in [2.45, 2.75) is 10.8 Å². The van der Waals surface area contributed by atoms with Gasteiger partial charge < -0.3 is 4.74 Å². The Bertz CT molecular complexity index is 802. The number of nitrogens with one attached hydrogen (secondary N) is 1. The maximum atomic E-state index is 12.2. The third kappa shape index (κ3) is 3.99. The van der Waals surface area contributed by atoms with Gasteiger partial charge in [0.05, 0.1) is 17.2 Å². The third-order valence-electron chi connectivity index (χ3n) is 2.59. The van der Waals surface area contributed by atoms with E-state index in [0.29, 0.717) is 11.6 Å². The molecule has 118 valence electrons. The van der Waals surface area contributed by atoms with Crippen LogP contribution < -0.4 is 4.72 Å². The number of sulfonamides is 1. The van der Waals surface area contributed by atoms with Crippen molar-refractivity contribution in [3.63, 3.8) is 0 Å². The highest BCUT2D eigenvalue weighted by Crippen LogP contribution is 2.24. The number of halogens is 2. The number of benzene rings is 1. The molecule has 0 aliphatic rings. The molecule has 0 bridgehead atoms. The van der Waals surface area contributed by atoms with Gasteiger partial charge in [0.1, 0.15) is 4.21 Å². The van der Waals surface area contributed by atoms with E-state index in [1.807, 2.05) is 4.72 Å². The molecule has 0 unspecified atom stereocenters. The smallest absolute Gasteiger partial charge is 0.273 e. The Morgan fingerprint density at radius 3 is 2.64 bits per heavy atom. The first-order valence-corrected chi connectivity index (χ1v) is 8.99. The molecule has 0 radical (unpaired) electrons. The molecule has 0 aliphatic heterocycles. The largest absolute Gasteiger partial charge is 0.379 e. The minimum absolute atomic E-state index is 0.0259. The second-order valence-electron chi connectivity index (χ2n) is 4.21. The maximum Gasteiger partial charge on any atom is 0.273 e. The van der Waals surface area contributed by atoms with Crippen molar-refractivity contribution in [2.75, 3.05) is 7.11 Å². The Labute approximate surface area is 141 Å². The second-order valence-corrected chi connectivity index (χ2v) is 8.13. The Morgan fingerprint density at radius 1 is 1.27 bits per heavy atom. The van der Waals surface area contributed by atoms with E-state index in [2.05, 4.69) is 0 Å². The van der Waals surface area contributed by atoms with Crippen LogP contribution in [0.15, 0.2) is 34.5 Å². The minimum atomic E-state index is -3.96. The molecule has 0 saturated heterocycles. The predicted octanol–water partition coefficient (Wildman–Crippen LogP) is 3.32. The van der Waals surface area contributed by atoms with Gasteiger partial charge in [-0.3, -0.25) is 4.79 Å². The van der Waals surface area contributed by atoms with E-state index in [9.17, 15) is 13.2 Å². The van der Waals surface area contributed by atoms with Crippen LogP contribution in [0, 0.1) is 0 Å². The van der Waals surface area contributed by atoms with Crippen molar-refractivity contribution in [2.24, 2.45) is 0 Å². The number of thiophene rings is 1. The predicted molar refractivity (Wildman–Crippen MR) is 86.1 cm³/mol. The molecule has 0 fully saturated rings. The lowest BCUT2D eigenvalue weighted by Gasteiger charge is -2.06. The number of carbonyl (C=O) groups excluding carboxylic acids is 1. The third-order valence-corrected chi connectivity index (χ3v) is 6.02. The Kier molecular flexibility index (Phi) is 5.46. The number of methoxy groups -OCH3 is 1. The first-order valence-electron chi connectivity index (χ1n) is 5.93. The molecule has 0 aliphatic carbocycles. The molecular formula is C13H11Cl2NO4S2. The summed E-state index contributed by atoms with van der Waals surface area (Å²) in [5.74, 6) is -0.816. The molecule has 0 atom stereocenters. The lowest BCUT2D eigenvalue weighted by Crippen LogP contribution is -2.30. The summed E-state index contributed by atoms with van der Waals surface area (Å²) in [5, 5.41) is 0.429. The summed E-state index contributed by atoms with van der Waals surface area (Å²) in [7, 11) is -2.45. The molecule has 1 N–H and O–H groups in total. The summed E-state index contributed by atoms with van der Waals surface area (Å²) in [6, 6.07) is 7.23. The number of rotatable bonds is 5. The van der Waals surface area contributed by atoms with Gasteiger partial charge in [0, 0.05) is 17.0 Å². The summed E-state index contributed by atoms with van der Waals surface area (Å²) in [5.41, 5.74) is 0.0308. The van der Waals surface area contributed by atoms with Gasteiger partial charge >= 0.3 is 0 Å². The van der Waals surface area contributed by atoms with Crippen LogP contribution in [0.5, 0.6) is 0 Å². The van der Waals surface area contributed by atoms with Crippen LogP contribution in [0.1, 0.15) is 15.2 Å². The molecule has 1 aromatic heterocycles. The van der Waals surface area contributed by atoms with Crippen LogP contribution in [0.3, 0.4) is 0 Å². The molecule has 2 aromatic rings. The minimum Gasteiger partial charge on any atom is -0.379 e. The van der Waals surface area contributed by atoms with Gasteiger partial charge in [-0.05, 0) is 30.3 Å². The highest BCUT2D eigenvalue weighted by molar-refractivity contribution is 7.92. The van der Waals surface area contributed by atoms with Crippen LogP contribution in [0.2, 0.25) is 10.0 Å². The van der Waals surface area contributed by atoms with Gasteiger partial charge in [-0.15, -0.1) is 11.3 Å². The molecular weight excluding hydrogens is 369 g/mol. The fourth-order valence-corrected chi connectivity index (χ4v) is 4.41. The molecule has 2 rings (SSSR count). The fraction of sp³-hybridized carbons (Fsp3) is 0.154. The van der Waals surface area contributed by atoms with Crippen LogP contribution in [0.25, 0.3) is 0 Å². The van der Waals surface area contributed by atoms with E-state index < -0.39 is 15.9 Å². The number of carbonyl (C=O) groups is 1. The fourth-order valence-electron chi connectivity index (χ4n) is 1.62. The second kappa shape index (κ2) is 6.97. The Morgan fingerprint density at radius 2 is 2.00 bits per heavy atom. The van der Waals surface area contributed by atoms with Crippen molar-refractivity contribution < 1.29 is 17.9 Å². The molecule has 1 heterocycles. The van der Waals surface area contributed by atoms with Gasteiger partial charge in [-0.25, -0.2) is 13.1 Å². The van der Waals surface area contributed by atoms with Crippen molar-refractivity contribution in [1.29, 1.82) is 0 Å². The van der Waals surface area contributed by atoms with Crippen molar-refractivity contribution >= 4 is 50.5 Å². The van der Waals surface area contributed by atoms with Crippen LogP contribution >= 0.6 is 34.5 Å². The number of amides is 1. The van der Waals surface area contributed by atoms with E-state index in [4.69, 9.17) is 27.9 Å². The first kappa shape index (κ1) is 17.2. The van der Waals surface area contributed by atoms with Crippen LogP contribution in [-0.4, -0.2) is 21.4 Å². The first-order chi connectivity index (χ1) is 10.3. The molecule has 1 amide bonds. The van der Waals surface area contributed by atoms with Crippen molar-refractivity contribution in [1.82, 2.24) is 4.72 Å². The summed E-state index contributed by atoms with van der Waals surface area (Å²) in [4.78, 5) is 12.8. The van der Waals surface area contributed by atoms with Gasteiger partial charge in [0.2, 0.25) is 0 Å².